The Morgan fingerprint density at radius 1 is 1.88 bits per heavy atom. The van der Waals surface area contributed by atoms with Gasteiger partial charge in [-0.15, -0.1) is 0 Å². The van der Waals surface area contributed by atoms with Gasteiger partial charge in [-0.05, 0) is 19.9 Å². The van der Waals surface area contributed by atoms with Gasteiger partial charge in [0.25, 0.3) is 0 Å². The van der Waals surface area contributed by atoms with Crippen LogP contribution in [0, 0.1) is 0 Å². The summed E-state index contributed by atoms with van der Waals surface area (Å²) in [6, 6.07) is 0. The molecule has 0 aromatic rings. The molecule has 1 N–H and O–H groups in total. The highest BCUT2D eigenvalue weighted by atomic mass is 31.1. The summed E-state index contributed by atoms with van der Waals surface area (Å²) in [4.78, 5) is 8.14. The van der Waals surface area contributed by atoms with Gasteiger partial charge in [-0.3, -0.25) is 0 Å². The van der Waals surface area contributed by atoms with E-state index in [0.717, 1.165) is 0 Å². The molecule has 0 saturated heterocycles. The SMILES string of the molecule is CC=C(C)O[PH](=O)O. The highest BCUT2D eigenvalue weighted by Gasteiger charge is 1.89. The van der Waals surface area contributed by atoms with Crippen molar-refractivity contribution in [2.75, 3.05) is 0 Å². The Labute approximate surface area is 48.9 Å². The third-order valence-corrected chi connectivity index (χ3v) is 1.15. The van der Waals surface area contributed by atoms with Crippen molar-refractivity contribution in [3.05, 3.63) is 11.8 Å². The Balaban J connectivity index is 3.56. The summed E-state index contributed by atoms with van der Waals surface area (Å²) in [5.74, 6) is 0.483. The minimum absolute atomic E-state index is 0.483. The lowest BCUT2D eigenvalue weighted by Crippen LogP contribution is -1.73. The fourth-order valence-corrected chi connectivity index (χ4v) is 0.590. The van der Waals surface area contributed by atoms with E-state index in [9.17, 15) is 4.57 Å². The van der Waals surface area contributed by atoms with Crippen molar-refractivity contribution < 1.29 is 14.0 Å². The second kappa shape index (κ2) is 3.70. The molecule has 0 saturated carbocycles. The van der Waals surface area contributed by atoms with Crippen molar-refractivity contribution in [2.24, 2.45) is 0 Å². The molecule has 0 aliphatic carbocycles. The fraction of sp³-hybridized carbons (Fsp3) is 0.500. The number of allylic oxidation sites excluding steroid dienone is 2. The summed E-state index contributed by atoms with van der Waals surface area (Å²) in [7, 11) is -2.76. The Bertz CT molecular complexity index is 118. The molecule has 0 aromatic carbocycles. The minimum atomic E-state index is -2.76. The molecule has 0 aliphatic heterocycles. The zero-order chi connectivity index (χ0) is 6.57. The van der Waals surface area contributed by atoms with Gasteiger partial charge in [0.15, 0.2) is 0 Å². The predicted octanol–water partition coefficient (Wildman–Crippen LogP) is 1.31. The summed E-state index contributed by atoms with van der Waals surface area (Å²) in [6.07, 6.45) is 1.62. The summed E-state index contributed by atoms with van der Waals surface area (Å²) in [5.41, 5.74) is 0. The molecule has 1 atom stereocenters. The molecule has 0 rings (SSSR count). The molecule has 0 spiro atoms. The van der Waals surface area contributed by atoms with Crippen molar-refractivity contribution in [1.29, 1.82) is 0 Å². The first-order valence-corrected chi connectivity index (χ1v) is 3.47. The topological polar surface area (TPSA) is 46.5 Å². The normalized spacial score (nSPS) is 15.6. The zero-order valence-electron chi connectivity index (χ0n) is 4.84. The first-order chi connectivity index (χ1) is 3.66. The van der Waals surface area contributed by atoms with E-state index in [-0.39, 0.29) is 0 Å². The van der Waals surface area contributed by atoms with Gasteiger partial charge in [-0.25, -0.2) is 4.57 Å². The van der Waals surface area contributed by atoms with Gasteiger partial charge >= 0.3 is 8.25 Å². The van der Waals surface area contributed by atoms with Crippen LogP contribution in [0.5, 0.6) is 0 Å². The number of hydrogen-bond donors (Lipinski definition) is 1. The Hall–Kier alpha value is -0.270. The average Bonchev–Trinajstić information content (AvgIpc) is 1.65. The van der Waals surface area contributed by atoms with Gasteiger partial charge in [0.05, 0.1) is 5.76 Å². The van der Waals surface area contributed by atoms with Crippen molar-refractivity contribution in [3.63, 3.8) is 0 Å². The third-order valence-electron chi connectivity index (χ3n) is 0.655. The molecule has 0 aliphatic rings. The van der Waals surface area contributed by atoms with Gasteiger partial charge < -0.3 is 9.42 Å². The van der Waals surface area contributed by atoms with Gasteiger partial charge in [0.2, 0.25) is 0 Å². The highest BCUT2D eigenvalue weighted by Crippen LogP contribution is 2.19. The molecule has 48 valence electrons. The molecule has 0 amide bonds. The van der Waals surface area contributed by atoms with Crippen LogP contribution in [-0.2, 0) is 9.09 Å². The highest BCUT2D eigenvalue weighted by molar-refractivity contribution is 7.32. The Morgan fingerprint density at radius 2 is 2.38 bits per heavy atom. The molecule has 8 heavy (non-hydrogen) atoms. The molecule has 0 radical (unpaired) electrons. The summed E-state index contributed by atoms with van der Waals surface area (Å²) in [6.45, 7) is 3.36. The molecule has 4 heteroatoms. The first kappa shape index (κ1) is 7.73. The van der Waals surface area contributed by atoms with Crippen LogP contribution in [0.2, 0.25) is 0 Å². The number of hydrogen-bond acceptors (Lipinski definition) is 2. The van der Waals surface area contributed by atoms with Crippen LogP contribution in [0.1, 0.15) is 13.8 Å². The molecule has 0 bridgehead atoms. The van der Waals surface area contributed by atoms with Crippen molar-refractivity contribution in [2.45, 2.75) is 13.8 Å². The second-order valence-electron chi connectivity index (χ2n) is 1.27. The summed E-state index contributed by atoms with van der Waals surface area (Å²) >= 11 is 0. The molecule has 0 heterocycles. The maximum Gasteiger partial charge on any atom is 0.364 e. The summed E-state index contributed by atoms with van der Waals surface area (Å²) in [5, 5.41) is 0. The molecular weight excluding hydrogens is 127 g/mol. The number of rotatable bonds is 2. The molecule has 0 fully saturated rings. The molecular formula is C4H9O3P. The standard InChI is InChI=1S/C4H9O3P/c1-3-4(2)7-8(5)6/h3,8H,1-2H3,(H,5,6). The van der Waals surface area contributed by atoms with Gasteiger partial charge in [0.1, 0.15) is 0 Å². The average molecular weight is 136 g/mol. The van der Waals surface area contributed by atoms with E-state index in [0.29, 0.717) is 5.76 Å². The van der Waals surface area contributed by atoms with E-state index in [1.54, 1.807) is 19.9 Å². The van der Waals surface area contributed by atoms with Gasteiger partial charge in [-0.2, -0.15) is 0 Å². The van der Waals surface area contributed by atoms with Crippen molar-refractivity contribution >= 4 is 8.25 Å². The van der Waals surface area contributed by atoms with Crippen LogP contribution in [0.15, 0.2) is 11.8 Å². The van der Waals surface area contributed by atoms with Crippen LogP contribution in [0.25, 0.3) is 0 Å². The Morgan fingerprint density at radius 3 is 2.50 bits per heavy atom. The van der Waals surface area contributed by atoms with Crippen LogP contribution < -0.4 is 0 Å². The lowest BCUT2D eigenvalue weighted by molar-refractivity contribution is 0.352. The largest absolute Gasteiger partial charge is 0.432 e. The molecule has 0 aromatic heterocycles. The van der Waals surface area contributed by atoms with Gasteiger partial charge in [-0.1, -0.05) is 0 Å². The lowest BCUT2D eigenvalue weighted by Gasteiger charge is -1.96. The molecule has 1 unspecified atom stereocenters. The van der Waals surface area contributed by atoms with Crippen molar-refractivity contribution in [3.8, 4) is 0 Å². The Kier molecular flexibility index (Phi) is 3.57. The minimum Gasteiger partial charge on any atom is -0.432 e. The van der Waals surface area contributed by atoms with Crippen LogP contribution in [-0.4, -0.2) is 4.89 Å². The smallest absolute Gasteiger partial charge is 0.364 e. The fourth-order valence-electron chi connectivity index (χ4n) is 0.197. The van der Waals surface area contributed by atoms with E-state index < -0.39 is 8.25 Å². The first-order valence-electron chi connectivity index (χ1n) is 2.20. The monoisotopic (exact) mass is 136 g/mol. The van der Waals surface area contributed by atoms with E-state index in [2.05, 4.69) is 4.52 Å². The molecule has 3 nitrogen and oxygen atoms in total. The van der Waals surface area contributed by atoms with Crippen LogP contribution in [0.3, 0.4) is 0 Å². The van der Waals surface area contributed by atoms with E-state index in [4.69, 9.17) is 4.89 Å². The maximum atomic E-state index is 9.89. The van der Waals surface area contributed by atoms with Gasteiger partial charge in [0, 0.05) is 0 Å². The zero-order valence-corrected chi connectivity index (χ0v) is 5.84. The van der Waals surface area contributed by atoms with Crippen LogP contribution in [0.4, 0.5) is 0 Å². The second-order valence-corrected chi connectivity index (χ2v) is 2.00. The summed E-state index contributed by atoms with van der Waals surface area (Å²) < 4.78 is 14.3. The predicted molar refractivity (Wildman–Crippen MR) is 31.7 cm³/mol. The lowest BCUT2D eigenvalue weighted by atomic mass is 10.5. The van der Waals surface area contributed by atoms with Crippen molar-refractivity contribution in [1.82, 2.24) is 0 Å². The van der Waals surface area contributed by atoms with E-state index >= 15 is 0 Å². The van der Waals surface area contributed by atoms with Crippen LogP contribution >= 0.6 is 8.25 Å². The third kappa shape index (κ3) is 3.90. The quantitative estimate of drug-likeness (QED) is 0.459. The van der Waals surface area contributed by atoms with E-state index in [1.807, 2.05) is 0 Å². The maximum absolute atomic E-state index is 9.89. The van der Waals surface area contributed by atoms with E-state index in [1.165, 1.54) is 0 Å².